The van der Waals surface area contributed by atoms with Gasteiger partial charge in [-0.25, -0.2) is 0 Å². The van der Waals surface area contributed by atoms with Gasteiger partial charge in [0.2, 0.25) is 5.91 Å². The fraction of sp³-hybridized carbons (Fsp3) is 0.765. The Hall–Kier alpha value is -1.40. The zero-order chi connectivity index (χ0) is 16.0. The van der Waals surface area contributed by atoms with Crippen LogP contribution in [0, 0.1) is 11.8 Å². The van der Waals surface area contributed by atoms with Gasteiger partial charge in [-0.15, -0.1) is 0 Å². The van der Waals surface area contributed by atoms with Crippen LogP contribution in [0.3, 0.4) is 0 Å². The first kappa shape index (κ1) is 15.1. The summed E-state index contributed by atoms with van der Waals surface area (Å²) in [6.07, 6.45) is 5.38. The number of ether oxygens (including phenoxy) is 1. The Balaban J connectivity index is 1.45. The zero-order valence-corrected chi connectivity index (χ0v) is 13.6. The molecule has 1 aliphatic heterocycles. The molecule has 0 saturated heterocycles. The number of aliphatic hydroxyl groups is 1. The number of hydrogen-bond acceptors (Lipinski definition) is 4. The fourth-order valence-corrected chi connectivity index (χ4v) is 3.77. The molecular formula is C17H25N3O3. The lowest BCUT2D eigenvalue weighted by Gasteiger charge is -2.38. The van der Waals surface area contributed by atoms with Crippen molar-refractivity contribution in [2.45, 2.75) is 44.2 Å². The predicted octanol–water partition coefficient (Wildman–Crippen LogP) is 1.04. The number of aryl methyl sites for hydroxylation is 1. The highest BCUT2D eigenvalue weighted by Crippen LogP contribution is 2.34. The number of nitrogens with zero attached hydrogens (tertiary/aromatic N) is 3. The third kappa shape index (κ3) is 3.02. The summed E-state index contributed by atoms with van der Waals surface area (Å²) in [7, 11) is 1.96. The molecule has 6 heteroatoms. The molecule has 3 aliphatic rings. The highest BCUT2D eigenvalue weighted by molar-refractivity contribution is 5.80. The van der Waals surface area contributed by atoms with E-state index in [1.165, 1.54) is 18.5 Å². The second-order valence-electron chi connectivity index (χ2n) is 7.40. The molecule has 0 radical (unpaired) electrons. The van der Waals surface area contributed by atoms with Crippen molar-refractivity contribution in [3.8, 4) is 0 Å². The van der Waals surface area contributed by atoms with Crippen molar-refractivity contribution in [3.63, 3.8) is 0 Å². The highest BCUT2D eigenvalue weighted by Gasteiger charge is 2.39. The first-order valence-electron chi connectivity index (χ1n) is 8.67. The Kier molecular flexibility index (Phi) is 3.89. The van der Waals surface area contributed by atoms with E-state index >= 15 is 0 Å². The van der Waals surface area contributed by atoms with Crippen molar-refractivity contribution >= 4 is 5.91 Å². The molecule has 1 aromatic heterocycles. The molecule has 2 aliphatic carbocycles. The van der Waals surface area contributed by atoms with Crippen LogP contribution in [-0.2, 0) is 23.1 Å². The predicted molar refractivity (Wildman–Crippen MR) is 83.6 cm³/mol. The summed E-state index contributed by atoms with van der Waals surface area (Å²) in [5.41, 5.74) is 2.34. The van der Waals surface area contributed by atoms with Crippen LogP contribution in [0.15, 0.2) is 6.20 Å². The van der Waals surface area contributed by atoms with Gasteiger partial charge in [0.25, 0.3) is 0 Å². The number of carbonyl (C=O) groups is 1. The van der Waals surface area contributed by atoms with Crippen LogP contribution in [0.2, 0.25) is 0 Å². The number of rotatable bonds is 5. The topological polar surface area (TPSA) is 67.6 Å². The van der Waals surface area contributed by atoms with Gasteiger partial charge in [0.05, 0.1) is 24.6 Å². The third-order valence-corrected chi connectivity index (χ3v) is 5.40. The molecule has 4 rings (SSSR count). The molecule has 2 heterocycles. The van der Waals surface area contributed by atoms with E-state index in [1.54, 1.807) is 0 Å². The van der Waals surface area contributed by atoms with Crippen molar-refractivity contribution in [1.82, 2.24) is 14.7 Å². The van der Waals surface area contributed by atoms with Crippen molar-refractivity contribution in [1.29, 1.82) is 0 Å². The highest BCUT2D eigenvalue weighted by atomic mass is 16.5. The van der Waals surface area contributed by atoms with Crippen LogP contribution < -0.4 is 0 Å². The van der Waals surface area contributed by atoms with Gasteiger partial charge < -0.3 is 14.7 Å². The molecule has 0 spiro atoms. The number of hydrogen-bond donors (Lipinski definition) is 1. The average Bonchev–Trinajstić information content (AvgIpc) is 3.25. The molecule has 2 saturated carbocycles. The van der Waals surface area contributed by atoms with Gasteiger partial charge in [-0.05, 0) is 31.6 Å². The second kappa shape index (κ2) is 5.91. The molecule has 0 aromatic carbocycles. The number of aromatic nitrogens is 2. The number of carbonyl (C=O) groups excluding carboxylic acids is 1. The van der Waals surface area contributed by atoms with E-state index in [9.17, 15) is 9.90 Å². The van der Waals surface area contributed by atoms with E-state index in [4.69, 9.17) is 4.74 Å². The smallest absolute Gasteiger partial charge is 0.226 e. The van der Waals surface area contributed by atoms with Gasteiger partial charge in [0.15, 0.2) is 0 Å². The summed E-state index contributed by atoms with van der Waals surface area (Å²) in [5, 5.41) is 13.8. The Morgan fingerprint density at radius 3 is 2.87 bits per heavy atom. The molecule has 23 heavy (non-hydrogen) atoms. The molecule has 0 bridgehead atoms. The summed E-state index contributed by atoms with van der Waals surface area (Å²) in [4.78, 5) is 14.6. The maximum Gasteiger partial charge on any atom is 0.226 e. The van der Waals surface area contributed by atoms with E-state index < -0.39 is 0 Å². The molecule has 126 valence electrons. The minimum absolute atomic E-state index is 0.00347. The number of fused-ring (bicyclic) bond motifs is 1. The van der Waals surface area contributed by atoms with Gasteiger partial charge in [-0.2, -0.15) is 5.10 Å². The Bertz CT molecular complexity index is 590. The summed E-state index contributed by atoms with van der Waals surface area (Å²) in [5.74, 6) is 1.12. The molecule has 1 amide bonds. The van der Waals surface area contributed by atoms with E-state index in [0.29, 0.717) is 32.5 Å². The lowest BCUT2D eigenvalue weighted by Crippen LogP contribution is -2.47. The molecule has 1 atom stereocenters. The molecule has 1 N–H and O–H groups in total. The first-order chi connectivity index (χ1) is 11.1. The lowest BCUT2D eigenvalue weighted by molar-refractivity contribution is -0.144. The average molecular weight is 319 g/mol. The minimum Gasteiger partial charge on any atom is -0.393 e. The van der Waals surface area contributed by atoms with Crippen LogP contribution in [0.25, 0.3) is 0 Å². The maximum atomic E-state index is 12.6. The van der Waals surface area contributed by atoms with Crippen molar-refractivity contribution in [3.05, 3.63) is 17.5 Å². The zero-order valence-electron chi connectivity index (χ0n) is 13.6. The van der Waals surface area contributed by atoms with Gasteiger partial charge in [-0.3, -0.25) is 9.48 Å². The Morgan fingerprint density at radius 2 is 2.17 bits per heavy atom. The Labute approximate surface area is 136 Å². The van der Waals surface area contributed by atoms with E-state index in [2.05, 4.69) is 5.10 Å². The largest absolute Gasteiger partial charge is 0.393 e. The van der Waals surface area contributed by atoms with Crippen LogP contribution in [0.1, 0.15) is 42.9 Å². The van der Waals surface area contributed by atoms with Crippen LogP contribution in [0.4, 0.5) is 0 Å². The molecule has 2 fully saturated rings. The van der Waals surface area contributed by atoms with Gasteiger partial charge in [-0.1, -0.05) is 0 Å². The summed E-state index contributed by atoms with van der Waals surface area (Å²) in [6, 6.07) is 0. The Morgan fingerprint density at radius 1 is 1.39 bits per heavy atom. The quantitative estimate of drug-likeness (QED) is 0.881. The third-order valence-electron chi connectivity index (χ3n) is 5.40. The normalized spacial score (nSPS) is 30.0. The summed E-state index contributed by atoms with van der Waals surface area (Å²) >= 11 is 0. The molecule has 6 nitrogen and oxygen atoms in total. The maximum absolute atomic E-state index is 12.6. The van der Waals surface area contributed by atoms with E-state index in [0.717, 1.165) is 18.1 Å². The summed E-state index contributed by atoms with van der Waals surface area (Å²) in [6.45, 7) is 2.82. The molecular weight excluding hydrogens is 294 g/mol. The second-order valence-corrected chi connectivity index (χ2v) is 7.40. The molecule has 0 unspecified atom stereocenters. The van der Waals surface area contributed by atoms with Crippen LogP contribution in [-0.4, -0.2) is 51.6 Å². The van der Waals surface area contributed by atoms with E-state index in [1.807, 2.05) is 22.8 Å². The minimum atomic E-state index is -0.291. The van der Waals surface area contributed by atoms with Gasteiger partial charge in [0, 0.05) is 44.1 Å². The fourth-order valence-electron chi connectivity index (χ4n) is 3.77. The number of amides is 1. The SMILES string of the molecule is Cn1ncc2c1[C@H](COCC1CC1)CN(C(=O)C1CC(O)C1)C2. The van der Waals surface area contributed by atoms with Crippen molar-refractivity contribution in [2.24, 2.45) is 18.9 Å². The molecule has 1 aromatic rings. The van der Waals surface area contributed by atoms with Crippen molar-refractivity contribution in [2.75, 3.05) is 19.8 Å². The van der Waals surface area contributed by atoms with Crippen LogP contribution >= 0.6 is 0 Å². The van der Waals surface area contributed by atoms with Gasteiger partial charge >= 0.3 is 0 Å². The van der Waals surface area contributed by atoms with E-state index in [-0.39, 0.29) is 23.8 Å². The summed E-state index contributed by atoms with van der Waals surface area (Å²) < 4.78 is 7.83. The van der Waals surface area contributed by atoms with Crippen molar-refractivity contribution < 1.29 is 14.6 Å². The van der Waals surface area contributed by atoms with Gasteiger partial charge in [0.1, 0.15) is 0 Å². The lowest BCUT2D eigenvalue weighted by atomic mass is 9.81. The van der Waals surface area contributed by atoms with Crippen LogP contribution in [0.5, 0.6) is 0 Å². The standard InChI is InChI=1S/C17H25N3O3/c1-19-16-13(6-18-19)7-20(17(22)12-4-15(21)5-12)8-14(16)10-23-9-11-2-3-11/h6,11-12,14-15,21H,2-5,7-10H2,1H3/t12?,14-,15?/m0/s1. The first-order valence-corrected chi connectivity index (χ1v) is 8.67. The number of aliphatic hydroxyl groups excluding tert-OH is 1. The monoisotopic (exact) mass is 319 g/mol.